The second-order valence-corrected chi connectivity index (χ2v) is 5.12. The van der Waals surface area contributed by atoms with Crippen molar-refractivity contribution in [1.29, 1.82) is 0 Å². The van der Waals surface area contributed by atoms with Crippen molar-refractivity contribution in [2.75, 3.05) is 32.7 Å². The summed E-state index contributed by atoms with van der Waals surface area (Å²) in [6.45, 7) is 4.21. The molecule has 0 spiro atoms. The highest BCUT2D eigenvalue weighted by molar-refractivity contribution is 9.10. The molecule has 18 heavy (non-hydrogen) atoms. The Hall–Kier alpha value is -0.720. The monoisotopic (exact) mass is 320 g/mol. The molecular formula is C12H15BrF2N2O. The van der Waals surface area contributed by atoms with Gasteiger partial charge < -0.3 is 15.3 Å². The van der Waals surface area contributed by atoms with Crippen molar-refractivity contribution in [3.8, 4) is 5.75 Å². The average molecular weight is 321 g/mol. The molecule has 1 aromatic rings. The zero-order chi connectivity index (χ0) is 13.1. The van der Waals surface area contributed by atoms with Gasteiger partial charge in [0.15, 0.2) is 0 Å². The normalized spacial score (nSPS) is 17.1. The minimum Gasteiger partial charge on any atom is -0.507 e. The molecule has 1 aliphatic rings. The fourth-order valence-electron chi connectivity index (χ4n) is 2.05. The largest absolute Gasteiger partial charge is 0.507 e. The Labute approximate surface area is 113 Å². The number of nitrogens with zero attached hydrogens (tertiary/aromatic N) is 1. The van der Waals surface area contributed by atoms with Crippen LogP contribution in [0.3, 0.4) is 0 Å². The Morgan fingerprint density at radius 1 is 1.33 bits per heavy atom. The van der Waals surface area contributed by atoms with Crippen LogP contribution in [0.5, 0.6) is 5.75 Å². The summed E-state index contributed by atoms with van der Waals surface area (Å²) in [7, 11) is 0. The van der Waals surface area contributed by atoms with Crippen molar-refractivity contribution < 1.29 is 13.9 Å². The summed E-state index contributed by atoms with van der Waals surface area (Å²) < 4.78 is 27.3. The number of halogens is 3. The third kappa shape index (κ3) is 2.99. The van der Waals surface area contributed by atoms with E-state index in [0.29, 0.717) is 13.0 Å². The van der Waals surface area contributed by atoms with E-state index in [1.165, 1.54) is 0 Å². The van der Waals surface area contributed by atoms with Crippen molar-refractivity contribution in [3.63, 3.8) is 0 Å². The second kappa shape index (κ2) is 5.95. The summed E-state index contributed by atoms with van der Waals surface area (Å²) in [6.07, 6.45) is 0.302. The fourth-order valence-corrected chi connectivity index (χ4v) is 2.41. The molecule has 3 nitrogen and oxygen atoms in total. The predicted molar refractivity (Wildman–Crippen MR) is 68.7 cm³/mol. The van der Waals surface area contributed by atoms with Gasteiger partial charge in [-0.05, 0) is 22.4 Å². The van der Waals surface area contributed by atoms with Crippen molar-refractivity contribution in [2.24, 2.45) is 0 Å². The molecule has 0 aromatic heterocycles. The van der Waals surface area contributed by atoms with Gasteiger partial charge >= 0.3 is 0 Å². The molecule has 0 saturated carbocycles. The SMILES string of the molecule is Oc1cc(F)c(CCN2CCNCC2)c(F)c1Br. The van der Waals surface area contributed by atoms with Gasteiger partial charge in [0.1, 0.15) is 17.4 Å². The van der Waals surface area contributed by atoms with E-state index >= 15 is 0 Å². The first-order chi connectivity index (χ1) is 8.59. The topological polar surface area (TPSA) is 35.5 Å². The Morgan fingerprint density at radius 3 is 2.67 bits per heavy atom. The molecule has 6 heteroatoms. The molecule has 2 N–H and O–H groups in total. The van der Waals surface area contributed by atoms with Gasteiger partial charge in [0.2, 0.25) is 0 Å². The lowest BCUT2D eigenvalue weighted by Crippen LogP contribution is -2.44. The van der Waals surface area contributed by atoms with E-state index < -0.39 is 17.4 Å². The lowest BCUT2D eigenvalue weighted by molar-refractivity contribution is 0.242. The Morgan fingerprint density at radius 2 is 2.00 bits per heavy atom. The number of nitrogens with one attached hydrogen (secondary N) is 1. The number of rotatable bonds is 3. The maximum Gasteiger partial charge on any atom is 0.147 e. The summed E-state index contributed by atoms with van der Waals surface area (Å²) in [5.74, 6) is -1.80. The molecule has 2 rings (SSSR count). The third-order valence-corrected chi connectivity index (χ3v) is 3.88. The molecule has 0 aliphatic carbocycles. The van der Waals surface area contributed by atoms with Crippen LogP contribution in [0, 0.1) is 11.6 Å². The highest BCUT2D eigenvalue weighted by Gasteiger charge is 2.18. The second-order valence-electron chi connectivity index (χ2n) is 4.33. The minimum absolute atomic E-state index is 0.0261. The summed E-state index contributed by atoms with van der Waals surface area (Å²) >= 11 is 2.91. The highest BCUT2D eigenvalue weighted by atomic mass is 79.9. The maximum atomic E-state index is 13.8. The molecule has 1 saturated heterocycles. The van der Waals surface area contributed by atoms with Crippen LogP contribution in [-0.2, 0) is 6.42 Å². The van der Waals surface area contributed by atoms with Crippen LogP contribution in [0.15, 0.2) is 10.5 Å². The highest BCUT2D eigenvalue weighted by Crippen LogP contribution is 2.31. The molecule has 0 amide bonds. The summed E-state index contributed by atoms with van der Waals surface area (Å²) in [5.41, 5.74) is 0.0261. The number of phenols is 1. The average Bonchev–Trinajstić information content (AvgIpc) is 2.37. The van der Waals surface area contributed by atoms with Crippen LogP contribution in [0.2, 0.25) is 0 Å². The van der Waals surface area contributed by atoms with Gasteiger partial charge in [0, 0.05) is 44.4 Å². The lowest BCUT2D eigenvalue weighted by Gasteiger charge is -2.27. The molecule has 0 unspecified atom stereocenters. The van der Waals surface area contributed by atoms with Gasteiger partial charge in [0.25, 0.3) is 0 Å². The first-order valence-corrected chi connectivity index (χ1v) is 6.67. The Kier molecular flexibility index (Phi) is 4.53. The van der Waals surface area contributed by atoms with Gasteiger partial charge in [-0.15, -0.1) is 0 Å². The van der Waals surface area contributed by atoms with Crippen molar-refractivity contribution in [1.82, 2.24) is 10.2 Å². The molecule has 1 fully saturated rings. The summed E-state index contributed by atoms with van der Waals surface area (Å²) in [4.78, 5) is 2.16. The first-order valence-electron chi connectivity index (χ1n) is 5.88. The summed E-state index contributed by atoms with van der Waals surface area (Å²) in [6, 6.07) is 0.945. The molecule has 100 valence electrons. The van der Waals surface area contributed by atoms with Gasteiger partial charge in [-0.2, -0.15) is 0 Å². The lowest BCUT2D eigenvalue weighted by atomic mass is 10.1. The third-order valence-electron chi connectivity index (χ3n) is 3.12. The van der Waals surface area contributed by atoms with Gasteiger partial charge in [-0.3, -0.25) is 0 Å². The zero-order valence-electron chi connectivity index (χ0n) is 9.85. The number of hydrogen-bond donors (Lipinski definition) is 2. The smallest absolute Gasteiger partial charge is 0.147 e. The molecular weight excluding hydrogens is 306 g/mol. The van der Waals surface area contributed by atoms with E-state index in [4.69, 9.17) is 0 Å². The first kappa shape index (κ1) is 13.7. The van der Waals surface area contributed by atoms with Crippen LogP contribution >= 0.6 is 15.9 Å². The summed E-state index contributed by atoms with van der Waals surface area (Å²) in [5, 5.41) is 12.5. The van der Waals surface area contributed by atoms with Crippen molar-refractivity contribution in [2.45, 2.75) is 6.42 Å². The van der Waals surface area contributed by atoms with E-state index in [1.807, 2.05) is 0 Å². The van der Waals surface area contributed by atoms with Crippen molar-refractivity contribution >= 4 is 15.9 Å². The van der Waals surface area contributed by atoms with E-state index in [2.05, 4.69) is 26.1 Å². The van der Waals surface area contributed by atoms with E-state index in [1.54, 1.807) is 0 Å². The number of benzene rings is 1. The van der Waals surface area contributed by atoms with Crippen LogP contribution < -0.4 is 5.32 Å². The number of phenolic OH excluding ortho intramolecular Hbond substituents is 1. The van der Waals surface area contributed by atoms with Gasteiger partial charge in [-0.25, -0.2) is 8.78 Å². The van der Waals surface area contributed by atoms with E-state index in [0.717, 1.165) is 32.2 Å². The standard InChI is InChI=1S/C12H15BrF2N2O/c13-11-10(18)7-9(14)8(12(11)15)1-4-17-5-2-16-3-6-17/h7,16,18H,1-6H2. The molecule has 1 heterocycles. The van der Waals surface area contributed by atoms with Crippen molar-refractivity contribution in [3.05, 3.63) is 27.7 Å². The Balaban J connectivity index is 2.06. The van der Waals surface area contributed by atoms with E-state index in [-0.39, 0.29) is 10.0 Å². The number of hydrogen-bond acceptors (Lipinski definition) is 3. The van der Waals surface area contributed by atoms with Gasteiger partial charge in [0.05, 0.1) is 4.47 Å². The van der Waals surface area contributed by atoms with Gasteiger partial charge in [-0.1, -0.05) is 0 Å². The predicted octanol–water partition coefficient (Wildman–Crippen LogP) is 1.88. The minimum atomic E-state index is -0.706. The van der Waals surface area contributed by atoms with Crippen LogP contribution in [0.1, 0.15) is 5.56 Å². The maximum absolute atomic E-state index is 13.8. The quantitative estimate of drug-likeness (QED) is 0.835. The molecule has 0 bridgehead atoms. The number of piperazine rings is 1. The molecule has 1 aliphatic heterocycles. The van der Waals surface area contributed by atoms with Crippen LogP contribution in [0.25, 0.3) is 0 Å². The molecule has 1 aromatic carbocycles. The molecule has 0 radical (unpaired) electrons. The van der Waals surface area contributed by atoms with E-state index in [9.17, 15) is 13.9 Å². The molecule has 0 atom stereocenters. The number of aromatic hydroxyl groups is 1. The fraction of sp³-hybridized carbons (Fsp3) is 0.500. The Bertz CT molecular complexity index is 437. The van der Waals surface area contributed by atoms with Crippen LogP contribution in [-0.4, -0.2) is 42.7 Å². The zero-order valence-corrected chi connectivity index (χ0v) is 11.4. The van der Waals surface area contributed by atoms with Crippen LogP contribution in [0.4, 0.5) is 8.78 Å².